The molecule has 158 valence electrons. The lowest BCUT2D eigenvalue weighted by atomic mass is 10.2. The zero-order valence-corrected chi connectivity index (χ0v) is 17.2. The summed E-state index contributed by atoms with van der Waals surface area (Å²) in [6.07, 6.45) is 3.18. The van der Waals surface area contributed by atoms with Gasteiger partial charge in [-0.1, -0.05) is 24.3 Å². The molecular weight excluding hydrogens is 400 g/mol. The number of nitrogens with zero attached hydrogens (tertiary/aromatic N) is 2. The van der Waals surface area contributed by atoms with Gasteiger partial charge in [-0.05, 0) is 43.7 Å². The molecule has 0 fully saturated rings. The molecule has 4 aromatic rings. The number of ether oxygens (including phenoxy) is 1. The number of hydrogen-bond donors (Lipinski definition) is 1. The van der Waals surface area contributed by atoms with Gasteiger partial charge in [-0.3, -0.25) is 4.98 Å². The molecular formula is C24H21F2N3O2. The third-order valence-corrected chi connectivity index (χ3v) is 5.00. The molecule has 5 nitrogen and oxygen atoms in total. The summed E-state index contributed by atoms with van der Waals surface area (Å²) < 4.78 is 35.9. The summed E-state index contributed by atoms with van der Waals surface area (Å²) in [5.74, 6) is -1.42. The van der Waals surface area contributed by atoms with Gasteiger partial charge >= 0.3 is 5.97 Å². The van der Waals surface area contributed by atoms with E-state index in [-0.39, 0.29) is 30.4 Å². The highest BCUT2D eigenvalue weighted by Crippen LogP contribution is 2.35. The number of rotatable bonds is 6. The monoisotopic (exact) mass is 421 g/mol. The maximum atomic E-state index is 14.6. The second-order valence-electron chi connectivity index (χ2n) is 7.12. The molecule has 0 amide bonds. The molecule has 2 aromatic carbocycles. The fourth-order valence-electron chi connectivity index (χ4n) is 3.55. The van der Waals surface area contributed by atoms with Gasteiger partial charge in [0.2, 0.25) is 0 Å². The predicted molar refractivity (Wildman–Crippen MR) is 116 cm³/mol. The summed E-state index contributed by atoms with van der Waals surface area (Å²) in [4.78, 5) is 17.1. The molecule has 0 aliphatic heterocycles. The van der Waals surface area contributed by atoms with Crippen molar-refractivity contribution in [2.45, 2.75) is 20.4 Å². The number of aryl methyl sites for hydroxylation is 1. The second-order valence-corrected chi connectivity index (χ2v) is 7.12. The lowest BCUT2D eigenvalue weighted by Crippen LogP contribution is -2.15. The van der Waals surface area contributed by atoms with E-state index in [0.717, 1.165) is 5.56 Å². The number of fused-ring (bicyclic) bond motifs is 1. The Kier molecular flexibility index (Phi) is 5.66. The number of esters is 1. The van der Waals surface area contributed by atoms with Crippen LogP contribution in [0.4, 0.5) is 20.2 Å². The molecule has 0 saturated carbocycles. The van der Waals surface area contributed by atoms with Crippen LogP contribution in [0, 0.1) is 18.6 Å². The Balaban J connectivity index is 1.93. The molecule has 31 heavy (non-hydrogen) atoms. The van der Waals surface area contributed by atoms with Crippen molar-refractivity contribution < 1.29 is 18.3 Å². The number of nitrogens with one attached hydrogen (secondary N) is 1. The Bertz CT molecular complexity index is 1270. The summed E-state index contributed by atoms with van der Waals surface area (Å²) in [5, 5.41) is 3.64. The highest BCUT2D eigenvalue weighted by Gasteiger charge is 2.25. The first-order valence-electron chi connectivity index (χ1n) is 9.89. The van der Waals surface area contributed by atoms with E-state index in [9.17, 15) is 13.6 Å². The maximum absolute atomic E-state index is 14.6. The third kappa shape index (κ3) is 3.99. The standard InChI is InChI=1S/C24H21F2N3O2/c1-3-31-24(30)23-22(28-20-9-8-15(2)12-19(20)26)17-13-27-11-10-21(17)29(23)14-16-6-4-5-7-18(16)25/h4-13,28H,3,14H2,1-2H3. The number of carbonyl (C=O) groups excluding carboxylic acids is 1. The molecule has 2 aromatic heterocycles. The van der Waals surface area contributed by atoms with Crippen molar-refractivity contribution in [3.8, 4) is 0 Å². The number of hydrogen-bond acceptors (Lipinski definition) is 4. The van der Waals surface area contributed by atoms with Crippen LogP contribution in [0.5, 0.6) is 0 Å². The van der Waals surface area contributed by atoms with Crippen LogP contribution >= 0.6 is 0 Å². The molecule has 0 aliphatic carbocycles. The van der Waals surface area contributed by atoms with Crippen LogP contribution < -0.4 is 5.32 Å². The zero-order chi connectivity index (χ0) is 22.0. The van der Waals surface area contributed by atoms with Crippen LogP contribution in [0.1, 0.15) is 28.5 Å². The van der Waals surface area contributed by atoms with E-state index >= 15 is 0 Å². The average Bonchev–Trinajstić information content (AvgIpc) is 3.05. The SMILES string of the molecule is CCOC(=O)c1c(Nc2ccc(C)cc2F)c2cnccc2n1Cc1ccccc1F. The zero-order valence-electron chi connectivity index (χ0n) is 17.2. The molecule has 2 heterocycles. The van der Waals surface area contributed by atoms with Crippen LogP contribution in [-0.4, -0.2) is 22.1 Å². The Morgan fingerprint density at radius 1 is 1.13 bits per heavy atom. The van der Waals surface area contributed by atoms with Crippen LogP contribution in [0.15, 0.2) is 60.9 Å². The molecule has 0 aliphatic rings. The second kappa shape index (κ2) is 8.55. The molecule has 4 rings (SSSR count). The number of halogens is 2. The smallest absolute Gasteiger partial charge is 0.357 e. The van der Waals surface area contributed by atoms with Gasteiger partial charge in [0.15, 0.2) is 5.69 Å². The van der Waals surface area contributed by atoms with E-state index in [2.05, 4.69) is 10.3 Å². The first-order valence-corrected chi connectivity index (χ1v) is 9.89. The molecule has 0 radical (unpaired) electrons. The normalized spacial score (nSPS) is 11.0. The minimum absolute atomic E-state index is 0.0966. The minimum atomic E-state index is -0.593. The van der Waals surface area contributed by atoms with Crippen LogP contribution in [-0.2, 0) is 11.3 Å². The van der Waals surface area contributed by atoms with Crippen molar-refractivity contribution in [1.29, 1.82) is 0 Å². The number of anilines is 2. The van der Waals surface area contributed by atoms with E-state index in [0.29, 0.717) is 22.2 Å². The van der Waals surface area contributed by atoms with Gasteiger partial charge in [0, 0.05) is 23.3 Å². The molecule has 0 saturated heterocycles. The maximum Gasteiger partial charge on any atom is 0.357 e. The van der Waals surface area contributed by atoms with Crippen molar-refractivity contribution in [3.05, 3.63) is 89.4 Å². The van der Waals surface area contributed by atoms with Crippen molar-refractivity contribution in [3.63, 3.8) is 0 Å². The Morgan fingerprint density at radius 3 is 2.68 bits per heavy atom. The lowest BCUT2D eigenvalue weighted by molar-refractivity contribution is 0.0516. The summed E-state index contributed by atoms with van der Waals surface area (Å²) in [6.45, 7) is 3.76. The molecule has 0 atom stereocenters. The number of carbonyl (C=O) groups is 1. The summed E-state index contributed by atoms with van der Waals surface area (Å²) in [7, 11) is 0. The molecule has 7 heteroatoms. The Labute approximate surface area is 178 Å². The van der Waals surface area contributed by atoms with Crippen LogP contribution in [0.2, 0.25) is 0 Å². The van der Waals surface area contributed by atoms with Gasteiger partial charge in [0.25, 0.3) is 0 Å². The largest absolute Gasteiger partial charge is 0.461 e. The van der Waals surface area contributed by atoms with E-state index in [1.807, 2.05) is 0 Å². The number of pyridine rings is 1. The fraction of sp³-hybridized carbons (Fsp3) is 0.167. The topological polar surface area (TPSA) is 56.1 Å². The van der Waals surface area contributed by atoms with E-state index in [1.165, 1.54) is 12.1 Å². The van der Waals surface area contributed by atoms with Crippen molar-refractivity contribution >= 4 is 28.2 Å². The van der Waals surface area contributed by atoms with Gasteiger partial charge in [-0.25, -0.2) is 13.6 Å². The minimum Gasteiger partial charge on any atom is -0.461 e. The van der Waals surface area contributed by atoms with Crippen molar-refractivity contribution in [1.82, 2.24) is 9.55 Å². The molecule has 1 N–H and O–H groups in total. The predicted octanol–water partition coefficient (Wildman–Crippen LogP) is 5.59. The molecule has 0 bridgehead atoms. The van der Waals surface area contributed by atoms with E-state index < -0.39 is 11.8 Å². The average molecular weight is 421 g/mol. The van der Waals surface area contributed by atoms with Crippen molar-refractivity contribution in [2.75, 3.05) is 11.9 Å². The Morgan fingerprint density at radius 2 is 1.94 bits per heavy atom. The summed E-state index contributed by atoms with van der Waals surface area (Å²) >= 11 is 0. The third-order valence-electron chi connectivity index (χ3n) is 5.00. The number of benzene rings is 2. The van der Waals surface area contributed by atoms with Gasteiger partial charge in [0.1, 0.15) is 11.6 Å². The van der Waals surface area contributed by atoms with Crippen molar-refractivity contribution in [2.24, 2.45) is 0 Å². The highest BCUT2D eigenvalue weighted by molar-refractivity contribution is 6.07. The van der Waals surface area contributed by atoms with E-state index in [4.69, 9.17) is 4.74 Å². The highest BCUT2D eigenvalue weighted by atomic mass is 19.1. The van der Waals surface area contributed by atoms with Gasteiger partial charge in [0.05, 0.1) is 30.0 Å². The summed E-state index contributed by atoms with van der Waals surface area (Å²) in [5.41, 5.74) is 2.59. The molecule has 0 unspecified atom stereocenters. The van der Waals surface area contributed by atoms with Gasteiger partial charge in [-0.2, -0.15) is 0 Å². The Hall–Kier alpha value is -3.74. The van der Waals surface area contributed by atoms with E-state index in [1.54, 1.807) is 67.2 Å². The lowest BCUT2D eigenvalue weighted by Gasteiger charge is -2.13. The molecule has 0 spiro atoms. The summed E-state index contributed by atoms with van der Waals surface area (Å²) in [6, 6.07) is 12.9. The quantitative estimate of drug-likeness (QED) is 0.412. The number of aromatic nitrogens is 2. The van der Waals surface area contributed by atoms with Crippen LogP contribution in [0.3, 0.4) is 0 Å². The fourth-order valence-corrected chi connectivity index (χ4v) is 3.55. The first-order chi connectivity index (χ1) is 15.0. The van der Waals surface area contributed by atoms with Gasteiger partial charge in [-0.15, -0.1) is 0 Å². The van der Waals surface area contributed by atoms with Crippen LogP contribution in [0.25, 0.3) is 10.9 Å². The first kappa shape index (κ1) is 20.5. The van der Waals surface area contributed by atoms with Gasteiger partial charge < -0.3 is 14.6 Å².